The van der Waals surface area contributed by atoms with E-state index < -0.39 is 16.5 Å². The van der Waals surface area contributed by atoms with Crippen LogP contribution in [0.4, 0.5) is 0 Å². The van der Waals surface area contributed by atoms with Gasteiger partial charge in [-0.25, -0.2) is 0 Å². The highest BCUT2D eigenvalue weighted by Crippen LogP contribution is 2.47. The van der Waals surface area contributed by atoms with Crippen LogP contribution in [0.25, 0.3) is 0 Å². The molecule has 0 heterocycles. The predicted molar refractivity (Wildman–Crippen MR) is 143 cm³/mol. The van der Waals surface area contributed by atoms with Crippen LogP contribution in [0.15, 0.2) is 83.1 Å². The van der Waals surface area contributed by atoms with Crippen LogP contribution in [-0.4, -0.2) is 16.5 Å². The maximum absolute atomic E-state index is 4.43. The third-order valence-corrected chi connectivity index (χ3v) is 14.4. The first kappa shape index (κ1) is 24.0. The molecule has 0 saturated heterocycles. The highest BCUT2D eigenvalue weighted by molar-refractivity contribution is 7.11. The van der Waals surface area contributed by atoms with Crippen molar-refractivity contribution in [3.63, 3.8) is 0 Å². The van der Waals surface area contributed by atoms with Crippen LogP contribution in [-0.2, 0) is 0 Å². The molecule has 0 radical (unpaired) electrons. The van der Waals surface area contributed by atoms with Crippen molar-refractivity contribution in [2.45, 2.75) is 67.6 Å². The van der Waals surface area contributed by atoms with Gasteiger partial charge in [-0.1, -0.05) is 133 Å². The Morgan fingerprint density at radius 3 is 1.48 bits per heavy atom. The van der Waals surface area contributed by atoms with E-state index in [9.17, 15) is 0 Å². The Kier molecular flexibility index (Phi) is 6.45. The molecule has 3 heteroatoms. The minimum atomic E-state index is -2.47. The van der Waals surface area contributed by atoms with E-state index in [0.717, 1.165) is 6.42 Å². The highest BCUT2D eigenvalue weighted by atomic mass is 28.4. The van der Waals surface area contributed by atoms with Crippen LogP contribution in [0.2, 0.25) is 19.6 Å². The van der Waals surface area contributed by atoms with Crippen LogP contribution in [0.1, 0.15) is 48.0 Å². The van der Waals surface area contributed by atoms with Gasteiger partial charge in [0.1, 0.15) is 8.24 Å². The Morgan fingerprint density at radius 1 is 0.677 bits per heavy atom. The number of benzene rings is 2. The summed E-state index contributed by atoms with van der Waals surface area (Å²) in [5, 5.41) is 4.57. The van der Waals surface area contributed by atoms with Crippen molar-refractivity contribution in [3.8, 4) is 0 Å². The number of hydrogen-bond acceptors (Lipinski definition) is 1. The molecule has 0 fully saturated rings. The minimum Gasteiger partial charge on any atom is -0.349 e. The third kappa shape index (κ3) is 4.89. The molecule has 0 aliphatic heterocycles. The van der Waals surface area contributed by atoms with Gasteiger partial charge in [-0.05, 0) is 38.4 Å². The standard InChI is InChI=1S/C28H41NSi2/c1-27(2,3)24-20-21-25(28(4,5)6)26(24)31(29-30(7,8)9,22-16-12-10-13-17-22)23-18-14-11-15-19-23/h10-20,29H,21H2,1-9H3. The molecule has 0 bridgehead atoms. The highest BCUT2D eigenvalue weighted by Gasteiger charge is 2.50. The summed E-state index contributed by atoms with van der Waals surface area (Å²) in [6, 6.07) is 22.7. The van der Waals surface area contributed by atoms with Crippen LogP contribution in [0.3, 0.4) is 0 Å². The summed E-state index contributed by atoms with van der Waals surface area (Å²) in [5.74, 6) is 0. The van der Waals surface area contributed by atoms with Gasteiger partial charge in [-0.2, -0.15) is 0 Å². The smallest absolute Gasteiger partial charge is 0.216 e. The molecule has 1 nitrogen and oxygen atoms in total. The van der Waals surface area contributed by atoms with Gasteiger partial charge in [-0.15, -0.1) is 0 Å². The number of allylic oxidation sites excluding steroid dienone is 4. The molecule has 1 aliphatic carbocycles. The average molecular weight is 448 g/mol. The van der Waals surface area contributed by atoms with E-state index in [4.69, 9.17) is 0 Å². The maximum atomic E-state index is 4.43. The van der Waals surface area contributed by atoms with Gasteiger partial charge < -0.3 is 4.65 Å². The molecule has 2 aromatic carbocycles. The second-order valence-corrected chi connectivity index (χ2v) is 20.7. The van der Waals surface area contributed by atoms with Crippen molar-refractivity contribution >= 4 is 26.8 Å². The molecular weight excluding hydrogens is 406 g/mol. The molecule has 3 rings (SSSR count). The molecule has 0 unspecified atom stereocenters. The normalized spacial score (nSPS) is 16.0. The van der Waals surface area contributed by atoms with E-state index in [1.165, 1.54) is 10.4 Å². The summed E-state index contributed by atoms with van der Waals surface area (Å²) in [4.78, 5) is 0. The van der Waals surface area contributed by atoms with E-state index >= 15 is 0 Å². The molecule has 31 heavy (non-hydrogen) atoms. The van der Waals surface area contributed by atoms with Gasteiger partial charge >= 0.3 is 0 Å². The summed E-state index contributed by atoms with van der Waals surface area (Å²) >= 11 is 0. The van der Waals surface area contributed by atoms with Crippen LogP contribution >= 0.6 is 0 Å². The molecular formula is C28H41NSi2. The van der Waals surface area contributed by atoms with Crippen molar-refractivity contribution in [2.24, 2.45) is 10.8 Å². The summed E-state index contributed by atoms with van der Waals surface area (Å²) in [7, 11) is -4.13. The van der Waals surface area contributed by atoms with Crippen molar-refractivity contribution in [1.82, 2.24) is 4.65 Å². The molecule has 1 N–H and O–H groups in total. The van der Waals surface area contributed by atoms with Gasteiger partial charge in [0.25, 0.3) is 0 Å². The summed E-state index contributed by atoms with van der Waals surface area (Å²) < 4.78 is 4.43. The van der Waals surface area contributed by atoms with E-state index in [-0.39, 0.29) is 10.8 Å². The Morgan fingerprint density at radius 2 is 1.13 bits per heavy atom. The monoisotopic (exact) mass is 447 g/mol. The van der Waals surface area contributed by atoms with Crippen LogP contribution in [0, 0.1) is 10.8 Å². The second kappa shape index (κ2) is 8.34. The zero-order valence-electron chi connectivity index (χ0n) is 21.1. The van der Waals surface area contributed by atoms with Gasteiger partial charge in [0.05, 0.1) is 0 Å². The maximum Gasteiger partial charge on any atom is 0.216 e. The van der Waals surface area contributed by atoms with Gasteiger partial charge in [-0.3, -0.25) is 0 Å². The Labute approximate surface area is 192 Å². The fourth-order valence-corrected chi connectivity index (χ4v) is 15.2. The molecule has 166 valence electrons. The van der Waals surface area contributed by atoms with Crippen LogP contribution < -0.4 is 15.0 Å². The van der Waals surface area contributed by atoms with Crippen LogP contribution in [0.5, 0.6) is 0 Å². The first-order valence-electron chi connectivity index (χ1n) is 11.6. The van der Waals surface area contributed by atoms with Crippen molar-refractivity contribution in [3.05, 3.63) is 83.1 Å². The molecule has 0 atom stereocenters. The first-order chi connectivity index (χ1) is 14.3. The lowest BCUT2D eigenvalue weighted by molar-refractivity contribution is 0.490. The molecule has 2 aromatic rings. The van der Waals surface area contributed by atoms with Crippen molar-refractivity contribution in [1.29, 1.82) is 0 Å². The third-order valence-electron chi connectivity index (χ3n) is 6.15. The van der Waals surface area contributed by atoms with Crippen molar-refractivity contribution < 1.29 is 0 Å². The molecule has 0 amide bonds. The SMILES string of the molecule is CC(C)(C)C1=CCC(C(C)(C)C)=C1[Si](N[Si](C)(C)C)(c1ccccc1)c1ccccc1. The summed E-state index contributed by atoms with van der Waals surface area (Å²) in [6.45, 7) is 21.7. The van der Waals surface area contributed by atoms with Crippen molar-refractivity contribution in [2.75, 3.05) is 0 Å². The average Bonchev–Trinajstić information content (AvgIpc) is 3.13. The molecule has 0 aromatic heterocycles. The van der Waals surface area contributed by atoms with Gasteiger partial charge in [0.2, 0.25) is 8.24 Å². The molecule has 1 aliphatic rings. The predicted octanol–water partition coefficient (Wildman–Crippen LogP) is 6.43. The first-order valence-corrected chi connectivity index (χ1v) is 17.1. The number of nitrogens with one attached hydrogen (secondary N) is 1. The summed E-state index contributed by atoms with van der Waals surface area (Å²) in [6.07, 6.45) is 3.60. The Balaban J connectivity index is 2.51. The van der Waals surface area contributed by atoms with E-state index in [1.807, 2.05) is 0 Å². The van der Waals surface area contributed by atoms with E-state index in [2.05, 4.69) is 133 Å². The fourth-order valence-electron chi connectivity index (χ4n) is 4.96. The fraction of sp³-hybridized carbons (Fsp3) is 0.429. The summed E-state index contributed by atoms with van der Waals surface area (Å²) in [5.41, 5.74) is 3.39. The van der Waals surface area contributed by atoms with E-state index in [0.29, 0.717) is 0 Å². The zero-order valence-corrected chi connectivity index (χ0v) is 23.1. The Hall–Kier alpha value is -1.69. The molecule has 0 saturated carbocycles. The largest absolute Gasteiger partial charge is 0.349 e. The lowest BCUT2D eigenvalue weighted by atomic mass is 9.83. The quantitative estimate of drug-likeness (QED) is 0.521. The second-order valence-electron chi connectivity index (χ2n) is 12.0. The lowest BCUT2D eigenvalue weighted by Crippen LogP contribution is -2.76. The topological polar surface area (TPSA) is 12.0 Å². The van der Waals surface area contributed by atoms with Gasteiger partial charge in [0, 0.05) is 0 Å². The van der Waals surface area contributed by atoms with E-state index in [1.54, 1.807) is 16.3 Å². The zero-order chi connectivity index (χ0) is 23.1. The lowest BCUT2D eigenvalue weighted by Gasteiger charge is -2.45. The molecule has 0 spiro atoms. The number of rotatable bonds is 5. The number of hydrogen-bond donors (Lipinski definition) is 1. The van der Waals surface area contributed by atoms with Gasteiger partial charge in [0.15, 0.2) is 0 Å². The minimum absolute atomic E-state index is 0.102. The Bertz CT molecular complexity index is 926.